The highest BCUT2D eigenvalue weighted by Crippen LogP contribution is 2.26. The fourth-order valence-corrected chi connectivity index (χ4v) is 4.89. The predicted octanol–water partition coefficient (Wildman–Crippen LogP) is 4.40. The van der Waals surface area contributed by atoms with Gasteiger partial charge in [-0.05, 0) is 55.6 Å². The van der Waals surface area contributed by atoms with E-state index in [2.05, 4.69) is 57.9 Å². The number of aryl methyl sites for hydroxylation is 1. The fourth-order valence-electron chi connectivity index (χ4n) is 3.84. The van der Waals surface area contributed by atoms with Crippen molar-refractivity contribution in [2.24, 2.45) is 0 Å². The molecule has 2 aromatic carbocycles. The first kappa shape index (κ1) is 21.9. The fraction of sp³-hybridized carbons (Fsp3) is 0.417. The van der Waals surface area contributed by atoms with Crippen LogP contribution in [0.5, 0.6) is 5.75 Å². The van der Waals surface area contributed by atoms with E-state index < -0.39 is 0 Å². The van der Waals surface area contributed by atoms with Crippen molar-refractivity contribution in [1.29, 1.82) is 0 Å². The van der Waals surface area contributed by atoms with Crippen LogP contribution in [0.15, 0.2) is 53.7 Å². The van der Waals surface area contributed by atoms with Gasteiger partial charge in [-0.2, -0.15) is 0 Å². The second-order valence-electron chi connectivity index (χ2n) is 8.20. The maximum absolute atomic E-state index is 9.50. The molecule has 3 aromatic rings. The lowest BCUT2D eigenvalue weighted by Gasteiger charge is -2.19. The van der Waals surface area contributed by atoms with Crippen LogP contribution in [0.4, 0.5) is 0 Å². The van der Waals surface area contributed by atoms with Gasteiger partial charge in [0, 0.05) is 18.9 Å². The molecule has 0 bridgehead atoms. The summed E-state index contributed by atoms with van der Waals surface area (Å²) in [5, 5.41) is 19.5. The second kappa shape index (κ2) is 10.3. The normalized spacial score (nSPS) is 16.3. The van der Waals surface area contributed by atoms with Crippen LogP contribution in [0.3, 0.4) is 0 Å². The van der Waals surface area contributed by atoms with Gasteiger partial charge in [-0.1, -0.05) is 48.2 Å². The van der Waals surface area contributed by atoms with Gasteiger partial charge in [0.2, 0.25) is 0 Å². The zero-order valence-electron chi connectivity index (χ0n) is 18.2. The quantitative estimate of drug-likeness (QED) is 0.500. The van der Waals surface area contributed by atoms with Crippen molar-refractivity contribution >= 4 is 11.8 Å². The van der Waals surface area contributed by atoms with E-state index >= 15 is 0 Å². The van der Waals surface area contributed by atoms with Crippen LogP contribution in [-0.4, -0.2) is 44.5 Å². The summed E-state index contributed by atoms with van der Waals surface area (Å²) in [6, 6.07) is 15.8. The monoisotopic (exact) mass is 438 g/mol. The molecule has 1 fully saturated rings. The third-order valence-corrected chi connectivity index (χ3v) is 6.64. The van der Waals surface area contributed by atoms with E-state index in [-0.39, 0.29) is 11.9 Å². The molecule has 6 nitrogen and oxygen atoms in total. The molecule has 164 valence electrons. The van der Waals surface area contributed by atoms with Crippen molar-refractivity contribution < 1.29 is 9.84 Å². The average molecular weight is 439 g/mol. The summed E-state index contributed by atoms with van der Waals surface area (Å²) in [5.74, 6) is 2.13. The SMILES string of the molecule is Cc1ccccc1CSc1nnc(CN(C)Cc2ccc(O)cc2)n1CC1CCCO1. The van der Waals surface area contributed by atoms with Gasteiger partial charge < -0.3 is 14.4 Å². The van der Waals surface area contributed by atoms with Gasteiger partial charge in [0.1, 0.15) is 11.6 Å². The molecule has 1 unspecified atom stereocenters. The molecule has 31 heavy (non-hydrogen) atoms. The van der Waals surface area contributed by atoms with E-state index in [0.717, 1.165) is 54.8 Å². The topological polar surface area (TPSA) is 63.4 Å². The van der Waals surface area contributed by atoms with Crippen LogP contribution in [-0.2, 0) is 30.1 Å². The summed E-state index contributed by atoms with van der Waals surface area (Å²) in [7, 11) is 2.08. The lowest BCUT2D eigenvalue weighted by molar-refractivity contribution is 0.0934. The van der Waals surface area contributed by atoms with Gasteiger partial charge in [0.05, 0.1) is 19.2 Å². The van der Waals surface area contributed by atoms with Gasteiger partial charge in [-0.3, -0.25) is 4.90 Å². The largest absolute Gasteiger partial charge is 0.508 e. The molecule has 1 aliphatic rings. The Balaban J connectivity index is 1.47. The van der Waals surface area contributed by atoms with E-state index in [1.165, 1.54) is 11.1 Å². The van der Waals surface area contributed by atoms with Crippen molar-refractivity contribution in [1.82, 2.24) is 19.7 Å². The summed E-state index contributed by atoms with van der Waals surface area (Å²) in [6.45, 7) is 5.26. The standard InChI is InChI=1S/C24H30N4O2S/c1-18-6-3-4-7-20(18)17-31-24-26-25-23(28(24)15-22-8-5-13-30-22)16-27(2)14-19-9-11-21(29)12-10-19/h3-4,6-7,9-12,22,29H,5,8,13-17H2,1-2H3. The molecule has 1 N–H and O–H groups in total. The second-order valence-corrected chi connectivity index (χ2v) is 9.14. The Morgan fingerprint density at radius 3 is 2.68 bits per heavy atom. The van der Waals surface area contributed by atoms with E-state index in [9.17, 15) is 5.11 Å². The minimum Gasteiger partial charge on any atom is -0.508 e. The molecule has 7 heteroatoms. The van der Waals surface area contributed by atoms with Gasteiger partial charge in [-0.15, -0.1) is 10.2 Å². The van der Waals surface area contributed by atoms with E-state index in [1.807, 2.05) is 12.1 Å². The highest BCUT2D eigenvalue weighted by Gasteiger charge is 2.22. The minimum absolute atomic E-state index is 0.231. The predicted molar refractivity (Wildman–Crippen MR) is 123 cm³/mol. The molecule has 0 saturated carbocycles. The Labute approximate surface area is 188 Å². The number of phenolic OH excluding ortho intramolecular Hbond substituents is 1. The first-order valence-electron chi connectivity index (χ1n) is 10.8. The van der Waals surface area contributed by atoms with Crippen LogP contribution in [0.2, 0.25) is 0 Å². The number of benzene rings is 2. The molecule has 4 rings (SSSR count). The third kappa shape index (κ3) is 5.87. The van der Waals surface area contributed by atoms with Crippen molar-refractivity contribution in [3.63, 3.8) is 0 Å². The number of nitrogens with zero attached hydrogens (tertiary/aromatic N) is 4. The molecule has 1 aromatic heterocycles. The number of rotatable bonds is 9. The smallest absolute Gasteiger partial charge is 0.191 e. The number of ether oxygens (including phenoxy) is 1. The first-order valence-corrected chi connectivity index (χ1v) is 11.7. The Kier molecular flexibility index (Phi) is 7.27. The summed E-state index contributed by atoms with van der Waals surface area (Å²) in [6.07, 6.45) is 2.44. The van der Waals surface area contributed by atoms with Crippen molar-refractivity contribution in [3.05, 3.63) is 71.0 Å². The zero-order chi connectivity index (χ0) is 21.6. The number of aromatic hydroxyl groups is 1. The molecular formula is C24H30N4O2S. The summed E-state index contributed by atoms with van der Waals surface area (Å²) in [4.78, 5) is 2.22. The van der Waals surface area contributed by atoms with Crippen LogP contribution in [0.25, 0.3) is 0 Å². The molecule has 0 aliphatic carbocycles. The molecule has 1 saturated heterocycles. The van der Waals surface area contributed by atoms with Crippen LogP contribution >= 0.6 is 11.8 Å². The minimum atomic E-state index is 0.231. The molecule has 0 radical (unpaired) electrons. The van der Waals surface area contributed by atoms with E-state index in [4.69, 9.17) is 4.74 Å². The third-order valence-electron chi connectivity index (χ3n) is 5.62. The van der Waals surface area contributed by atoms with Gasteiger partial charge >= 0.3 is 0 Å². The molecule has 0 amide bonds. The van der Waals surface area contributed by atoms with Crippen molar-refractivity contribution in [2.45, 2.75) is 56.4 Å². The number of thioether (sulfide) groups is 1. The Morgan fingerprint density at radius 1 is 1.13 bits per heavy atom. The maximum atomic E-state index is 9.50. The zero-order valence-corrected chi connectivity index (χ0v) is 19.0. The average Bonchev–Trinajstić information content (AvgIpc) is 3.40. The number of hydrogen-bond donors (Lipinski definition) is 1. The van der Waals surface area contributed by atoms with Gasteiger partial charge in [-0.25, -0.2) is 0 Å². The van der Waals surface area contributed by atoms with E-state index in [0.29, 0.717) is 6.54 Å². The Morgan fingerprint density at radius 2 is 1.94 bits per heavy atom. The number of phenols is 1. The number of aromatic nitrogens is 3. The van der Waals surface area contributed by atoms with E-state index in [1.54, 1.807) is 23.9 Å². The molecule has 2 heterocycles. The van der Waals surface area contributed by atoms with Gasteiger partial charge in [0.15, 0.2) is 5.16 Å². The van der Waals surface area contributed by atoms with Gasteiger partial charge in [0.25, 0.3) is 0 Å². The molecule has 1 atom stereocenters. The number of hydrogen-bond acceptors (Lipinski definition) is 6. The summed E-state index contributed by atoms with van der Waals surface area (Å²) in [5.41, 5.74) is 3.78. The molecule has 0 spiro atoms. The van der Waals surface area contributed by atoms with Crippen LogP contribution in [0.1, 0.15) is 35.4 Å². The molecule has 1 aliphatic heterocycles. The first-order chi connectivity index (χ1) is 15.1. The summed E-state index contributed by atoms with van der Waals surface area (Å²) >= 11 is 1.74. The Hall–Kier alpha value is -2.35. The highest BCUT2D eigenvalue weighted by atomic mass is 32.2. The molecular weight excluding hydrogens is 408 g/mol. The van der Waals surface area contributed by atoms with Crippen molar-refractivity contribution in [2.75, 3.05) is 13.7 Å². The van der Waals surface area contributed by atoms with Crippen LogP contribution in [0, 0.1) is 6.92 Å². The maximum Gasteiger partial charge on any atom is 0.191 e. The Bertz CT molecular complexity index is 983. The van der Waals surface area contributed by atoms with Crippen molar-refractivity contribution in [3.8, 4) is 5.75 Å². The lowest BCUT2D eigenvalue weighted by Crippen LogP contribution is -2.23. The van der Waals surface area contributed by atoms with Crippen LogP contribution < -0.4 is 0 Å². The highest BCUT2D eigenvalue weighted by molar-refractivity contribution is 7.98. The summed E-state index contributed by atoms with van der Waals surface area (Å²) < 4.78 is 8.15. The lowest BCUT2D eigenvalue weighted by atomic mass is 10.1.